The Morgan fingerprint density at radius 1 is 0.283 bits per heavy atom. The molecule has 0 N–H and O–H groups in total. The number of fused-ring (bicyclic) bond motifs is 4. The summed E-state index contributed by atoms with van der Waals surface area (Å²) in [7, 11) is 0. The summed E-state index contributed by atoms with van der Waals surface area (Å²) in [6, 6.07) is 86.1. The maximum atomic E-state index is 2.42. The third kappa shape index (κ3) is 6.63. The molecule has 0 aliphatic rings. The molecule has 11 rings (SSSR count). The first-order valence-electron chi connectivity index (χ1n) is 20.5. The lowest BCUT2D eigenvalue weighted by Gasteiger charge is -2.28. The Balaban J connectivity index is 0.995. The Kier molecular flexibility index (Phi) is 9.11. The normalized spacial score (nSPS) is 11.3. The van der Waals surface area contributed by atoms with Crippen LogP contribution in [0.4, 0.5) is 17.1 Å². The first-order chi connectivity index (χ1) is 29.7. The number of rotatable bonds is 8. The van der Waals surface area contributed by atoms with Gasteiger partial charge in [-0.15, -0.1) is 11.3 Å². The van der Waals surface area contributed by atoms with Crippen molar-refractivity contribution in [2.45, 2.75) is 0 Å². The van der Waals surface area contributed by atoms with Gasteiger partial charge in [-0.3, -0.25) is 0 Å². The van der Waals surface area contributed by atoms with Gasteiger partial charge in [0, 0.05) is 42.7 Å². The molecule has 2 heteroatoms. The number of hydrogen-bond donors (Lipinski definition) is 0. The van der Waals surface area contributed by atoms with Crippen molar-refractivity contribution >= 4 is 59.3 Å². The highest BCUT2D eigenvalue weighted by molar-refractivity contribution is 7.26. The lowest BCUT2D eigenvalue weighted by Crippen LogP contribution is -2.11. The van der Waals surface area contributed by atoms with E-state index in [0.717, 1.165) is 17.1 Å². The summed E-state index contributed by atoms with van der Waals surface area (Å²) in [6.45, 7) is 0. The molecule has 0 atom stereocenters. The Bertz CT molecular complexity index is 3290. The number of benzene rings is 10. The van der Waals surface area contributed by atoms with Crippen molar-refractivity contribution < 1.29 is 0 Å². The lowest BCUT2D eigenvalue weighted by atomic mass is 9.96. The zero-order chi connectivity index (χ0) is 39.8. The van der Waals surface area contributed by atoms with E-state index in [0.29, 0.717) is 0 Å². The topological polar surface area (TPSA) is 3.24 Å². The predicted molar refractivity (Wildman–Crippen MR) is 259 cm³/mol. The van der Waals surface area contributed by atoms with Crippen LogP contribution in [0.1, 0.15) is 0 Å². The van der Waals surface area contributed by atoms with Gasteiger partial charge in [-0.05, 0) is 104 Å². The molecule has 0 amide bonds. The van der Waals surface area contributed by atoms with E-state index in [1.807, 2.05) is 11.3 Å². The lowest BCUT2D eigenvalue weighted by molar-refractivity contribution is 1.28. The number of nitrogens with zero attached hydrogens (tertiary/aromatic N) is 1. The highest BCUT2D eigenvalue weighted by Crippen LogP contribution is 2.46. The molecule has 1 heterocycles. The summed E-state index contributed by atoms with van der Waals surface area (Å²) in [6.07, 6.45) is 0. The Morgan fingerprint density at radius 3 is 1.48 bits per heavy atom. The van der Waals surface area contributed by atoms with Crippen molar-refractivity contribution in [3.05, 3.63) is 237 Å². The van der Waals surface area contributed by atoms with Gasteiger partial charge in [0.25, 0.3) is 0 Å². The molecule has 0 spiro atoms. The van der Waals surface area contributed by atoms with Crippen LogP contribution in [0.3, 0.4) is 0 Å². The standard InChI is InChI=1S/C58H39NS/c1-2-12-40(13-3-1)42-24-26-43(27-25-42)44-30-34-50(35-31-44)59(56-22-8-6-18-52(56)54-20-11-21-55-53-19-7-9-23-57(53)60-58(54)55)51-36-32-45(33-37-51)47-16-10-17-48(38-47)49-29-28-41-14-4-5-15-46(41)39-49/h1-39H. The second-order valence-corrected chi connectivity index (χ2v) is 16.4. The van der Waals surface area contributed by atoms with Gasteiger partial charge in [0.1, 0.15) is 0 Å². The number of para-hydroxylation sites is 1. The van der Waals surface area contributed by atoms with Gasteiger partial charge in [0.05, 0.1) is 5.69 Å². The molecule has 282 valence electrons. The molecular weight excluding hydrogens is 743 g/mol. The Labute approximate surface area is 354 Å². The number of hydrogen-bond acceptors (Lipinski definition) is 2. The van der Waals surface area contributed by atoms with Gasteiger partial charge in [0.15, 0.2) is 0 Å². The molecular formula is C58H39NS. The first-order valence-corrected chi connectivity index (χ1v) is 21.3. The zero-order valence-electron chi connectivity index (χ0n) is 32.9. The van der Waals surface area contributed by atoms with Crippen LogP contribution >= 0.6 is 11.3 Å². The molecule has 60 heavy (non-hydrogen) atoms. The minimum atomic E-state index is 1.10. The van der Waals surface area contributed by atoms with Gasteiger partial charge >= 0.3 is 0 Å². The Morgan fingerprint density at radius 2 is 0.750 bits per heavy atom. The Hall–Kier alpha value is -7.52. The van der Waals surface area contributed by atoms with E-state index in [1.54, 1.807) is 0 Å². The second-order valence-electron chi connectivity index (χ2n) is 15.3. The highest BCUT2D eigenvalue weighted by Gasteiger charge is 2.20. The van der Waals surface area contributed by atoms with Crippen molar-refractivity contribution in [2.24, 2.45) is 0 Å². The van der Waals surface area contributed by atoms with E-state index in [9.17, 15) is 0 Å². The summed E-state index contributed by atoms with van der Waals surface area (Å²) in [5.41, 5.74) is 15.4. The quantitative estimate of drug-likeness (QED) is 0.148. The molecule has 0 aliphatic carbocycles. The van der Waals surface area contributed by atoms with E-state index in [2.05, 4.69) is 241 Å². The van der Waals surface area contributed by atoms with Crippen LogP contribution in [0.2, 0.25) is 0 Å². The second kappa shape index (κ2) is 15.3. The van der Waals surface area contributed by atoms with Crippen molar-refractivity contribution in [3.63, 3.8) is 0 Å². The molecule has 11 aromatic rings. The molecule has 10 aromatic carbocycles. The fourth-order valence-corrected chi connectivity index (χ4v) is 9.85. The third-order valence-electron chi connectivity index (χ3n) is 11.7. The van der Waals surface area contributed by atoms with Crippen molar-refractivity contribution in [1.82, 2.24) is 0 Å². The number of thiophene rings is 1. The van der Waals surface area contributed by atoms with E-state index in [1.165, 1.54) is 86.6 Å². The van der Waals surface area contributed by atoms with Crippen LogP contribution in [-0.2, 0) is 0 Å². The largest absolute Gasteiger partial charge is 0.310 e. The molecule has 0 bridgehead atoms. The summed E-state index contributed by atoms with van der Waals surface area (Å²) < 4.78 is 2.61. The van der Waals surface area contributed by atoms with Gasteiger partial charge in [-0.2, -0.15) is 0 Å². The molecule has 0 saturated carbocycles. The summed E-state index contributed by atoms with van der Waals surface area (Å²) in [5, 5.41) is 5.11. The molecule has 0 fully saturated rings. The van der Waals surface area contributed by atoms with E-state index in [4.69, 9.17) is 0 Å². The van der Waals surface area contributed by atoms with Crippen molar-refractivity contribution in [2.75, 3.05) is 4.90 Å². The van der Waals surface area contributed by atoms with Crippen LogP contribution in [0.25, 0.3) is 86.6 Å². The van der Waals surface area contributed by atoms with E-state index in [-0.39, 0.29) is 0 Å². The molecule has 1 aromatic heterocycles. The van der Waals surface area contributed by atoms with Gasteiger partial charge in [-0.25, -0.2) is 0 Å². The molecule has 0 unspecified atom stereocenters. The predicted octanol–water partition coefficient (Wildman–Crippen LogP) is 17.0. The van der Waals surface area contributed by atoms with Crippen LogP contribution < -0.4 is 4.90 Å². The maximum Gasteiger partial charge on any atom is 0.0540 e. The van der Waals surface area contributed by atoms with Crippen molar-refractivity contribution in [1.29, 1.82) is 0 Å². The SMILES string of the molecule is c1ccc(-c2ccc(-c3ccc(N(c4ccc(-c5cccc(-c6ccc7ccccc7c6)c5)cc4)c4ccccc4-c4cccc5c4sc4ccccc45)cc3)cc2)cc1. The zero-order valence-corrected chi connectivity index (χ0v) is 33.7. The molecule has 0 aliphatic heterocycles. The molecule has 1 nitrogen and oxygen atoms in total. The molecule has 0 radical (unpaired) electrons. The fraction of sp³-hybridized carbons (Fsp3) is 0. The van der Waals surface area contributed by atoms with E-state index >= 15 is 0 Å². The van der Waals surface area contributed by atoms with Gasteiger partial charge in [-0.1, -0.05) is 188 Å². The van der Waals surface area contributed by atoms with Crippen LogP contribution in [0.15, 0.2) is 237 Å². The first kappa shape index (κ1) is 35.6. The van der Waals surface area contributed by atoms with Crippen LogP contribution in [-0.4, -0.2) is 0 Å². The molecule has 0 saturated heterocycles. The summed E-state index contributed by atoms with van der Waals surface area (Å²) >= 11 is 1.88. The monoisotopic (exact) mass is 781 g/mol. The average Bonchev–Trinajstić information content (AvgIpc) is 3.72. The van der Waals surface area contributed by atoms with Crippen LogP contribution in [0, 0.1) is 0 Å². The van der Waals surface area contributed by atoms with Gasteiger partial charge < -0.3 is 4.90 Å². The average molecular weight is 782 g/mol. The smallest absolute Gasteiger partial charge is 0.0540 e. The minimum Gasteiger partial charge on any atom is -0.310 e. The van der Waals surface area contributed by atoms with Gasteiger partial charge in [0.2, 0.25) is 0 Å². The highest BCUT2D eigenvalue weighted by atomic mass is 32.1. The third-order valence-corrected chi connectivity index (χ3v) is 12.9. The van der Waals surface area contributed by atoms with Crippen molar-refractivity contribution in [3.8, 4) is 55.6 Å². The maximum absolute atomic E-state index is 2.42. The van der Waals surface area contributed by atoms with E-state index < -0.39 is 0 Å². The fourth-order valence-electron chi connectivity index (χ4n) is 8.62. The number of anilines is 3. The minimum absolute atomic E-state index is 1.10. The summed E-state index contributed by atoms with van der Waals surface area (Å²) in [4.78, 5) is 2.42. The van der Waals surface area contributed by atoms with Crippen LogP contribution in [0.5, 0.6) is 0 Å². The summed E-state index contributed by atoms with van der Waals surface area (Å²) in [5.74, 6) is 0.